The molecule has 8 rings (SSSR count). The van der Waals surface area contributed by atoms with E-state index in [2.05, 4.69) is 42.5 Å². The van der Waals surface area contributed by atoms with E-state index in [1.54, 1.807) is 35.6 Å². The number of unbranched alkanes of at least 4 members (excludes halogenated alkanes) is 1. The lowest BCUT2D eigenvalue weighted by Crippen LogP contribution is -2.48. The van der Waals surface area contributed by atoms with Crippen molar-refractivity contribution in [2.75, 3.05) is 116 Å². The molecule has 0 spiro atoms. The molecule has 0 saturated carbocycles. The summed E-state index contributed by atoms with van der Waals surface area (Å²) in [5, 5.41) is 25.2. The van der Waals surface area contributed by atoms with Gasteiger partial charge in [0.25, 0.3) is 0 Å². The minimum atomic E-state index is -0.138. The number of nitrogens with one attached hydrogen (secondary N) is 5. The molecule has 3 atom stereocenters. The fourth-order valence-electron chi connectivity index (χ4n) is 10.1. The van der Waals surface area contributed by atoms with Gasteiger partial charge in [0, 0.05) is 132 Å². The fraction of sp³-hybridized carbons (Fsp3) is 0.559. The second kappa shape index (κ2) is 33.2. The van der Waals surface area contributed by atoms with Gasteiger partial charge in [-0.05, 0) is 67.5 Å². The number of hydrogen-bond donors (Lipinski definition) is 6. The third kappa shape index (κ3) is 20.3. The van der Waals surface area contributed by atoms with Crippen molar-refractivity contribution < 1.29 is 52.8 Å². The number of benzene rings is 2. The Morgan fingerprint density at radius 3 is 2.12 bits per heavy atom. The van der Waals surface area contributed by atoms with E-state index in [-0.39, 0.29) is 79.0 Å². The average molecular weight is 1170 g/mol. The number of phenols is 1. The van der Waals surface area contributed by atoms with Gasteiger partial charge in [-0.15, -0.1) is 11.3 Å². The number of anilines is 1. The van der Waals surface area contributed by atoms with Gasteiger partial charge in [-0.1, -0.05) is 48.9 Å². The van der Waals surface area contributed by atoms with Crippen LogP contribution in [0.4, 0.5) is 10.6 Å². The Labute approximate surface area is 488 Å². The van der Waals surface area contributed by atoms with Gasteiger partial charge in [0.05, 0.1) is 61.9 Å². The topological polar surface area (TPSA) is 255 Å². The Morgan fingerprint density at radius 1 is 0.732 bits per heavy atom. The lowest BCUT2D eigenvalue weighted by molar-refractivity contribution is -0.134. The molecule has 6 amide bonds. The van der Waals surface area contributed by atoms with Crippen LogP contribution in [0.3, 0.4) is 0 Å². The van der Waals surface area contributed by atoms with Crippen molar-refractivity contribution in [1.29, 1.82) is 0 Å². The number of aromatic hydroxyl groups is 1. The number of rotatable bonds is 34. The molecule has 2 aromatic heterocycles. The SMILES string of the molecule is O=C(C=Cc1ccc(CNC(=O)CCCC(=O)NCCCOCCOCCOCCCNC(=O)CCCCC2SCC3NC(=O)NC32)cc1)CCC(=O)N1CCN(Cc2cc3nc(-c4cccc(O)c4)nc(N4CCOCC4)c3s2)CC1. The Morgan fingerprint density at radius 2 is 1.41 bits per heavy atom. The Hall–Kier alpha value is -6.21. The number of aromatic nitrogens is 2. The molecule has 21 nitrogen and oxygen atoms in total. The molecule has 4 aliphatic rings. The van der Waals surface area contributed by atoms with E-state index in [1.807, 2.05) is 47.0 Å². The van der Waals surface area contributed by atoms with E-state index in [4.69, 9.17) is 28.9 Å². The van der Waals surface area contributed by atoms with Crippen molar-refractivity contribution in [3.8, 4) is 17.1 Å². The van der Waals surface area contributed by atoms with Crippen LogP contribution in [0.2, 0.25) is 0 Å². The monoisotopic (exact) mass is 1170 g/mol. The molecule has 6 N–H and O–H groups in total. The minimum Gasteiger partial charge on any atom is -0.508 e. The molecule has 444 valence electrons. The summed E-state index contributed by atoms with van der Waals surface area (Å²) in [4.78, 5) is 91.9. The number of amides is 6. The number of phenolic OH excluding ortho intramolecular Hbond substituents is 1. The molecule has 4 aromatic rings. The Bertz CT molecular complexity index is 2750. The molecule has 4 saturated heterocycles. The molecule has 0 radical (unpaired) electrons. The summed E-state index contributed by atoms with van der Waals surface area (Å²) in [7, 11) is 0. The van der Waals surface area contributed by atoms with Crippen LogP contribution in [0.1, 0.15) is 86.6 Å². The summed E-state index contributed by atoms with van der Waals surface area (Å²) < 4.78 is 23.4. The van der Waals surface area contributed by atoms with E-state index in [9.17, 15) is 33.9 Å². The number of ketones is 1. The first kappa shape index (κ1) is 61.9. The number of morpholine rings is 1. The number of carbonyl (C=O) groups excluding carboxylic acids is 6. The highest BCUT2D eigenvalue weighted by molar-refractivity contribution is 8.00. The van der Waals surface area contributed by atoms with Gasteiger partial charge in [0.2, 0.25) is 23.6 Å². The van der Waals surface area contributed by atoms with Crippen LogP contribution in [-0.2, 0) is 56.0 Å². The minimum absolute atomic E-state index is 0.0245. The first-order valence-corrected chi connectivity index (χ1v) is 30.8. The number of ether oxygens (including phenoxy) is 4. The normalized spacial score (nSPS) is 18.1. The summed E-state index contributed by atoms with van der Waals surface area (Å²) in [6.07, 6.45) is 9.16. The first-order chi connectivity index (χ1) is 40.0. The van der Waals surface area contributed by atoms with E-state index in [0.29, 0.717) is 116 Å². The highest BCUT2D eigenvalue weighted by Crippen LogP contribution is 2.36. The van der Waals surface area contributed by atoms with E-state index < -0.39 is 0 Å². The van der Waals surface area contributed by atoms with Gasteiger partial charge in [0.15, 0.2) is 17.4 Å². The van der Waals surface area contributed by atoms with Gasteiger partial charge in [-0.25, -0.2) is 14.8 Å². The van der Waals surface area contributed by atoms with Crippen LogP contribution >= 0.6 is 23.1 Å². The van der Waals surface area contributed by atoms with Gasteiger partial charge < -0.3 is 60.4 Å². The van der Waals surface area contributed by atoms with Gasteiger partial charge in [-0.3, -0.25) is 28.9 Å². The number of carbonyl (C=O) groups is 6. The molecule has 2 aromatic carbocycles. The van der Waals surface area contributed by atoms with Gasteiger partial charge in [-0.2, -0.15) is 11.8 Å². The lowest BCUT2D eigenvalue weighted by Gasteiger charge is -2.34. The van der Waals surface area contributed by atoms with E-state index >= 15 is 0 Å². The summed E-state index contributed by atoms with van der Waals surface area (Å²) >= 11 is 3.59. The third-order valence-electron chi connectivity index (χ3n) is 14.6. The number of allylic oxidation sites excluding steroid dienone is 1. The number of thiophene rings is 1. The Balaban J connectivity index is 0.587. The molecule has 4 aliphatic heterocycles. The summed E-state index contributed by atoms with van der Waals surface area (Å²) in [6.45, 7) is 10.3. The summed E-state index contributed by atoms with van der Waals surface area (Å²) in [5.74, 6) is 2.23. The lowest BCUT2D eigenvalue weighted by atomic mass is 10.0. The molecule has 82 heavy (non-hydrogen) atoms. The van der Waals surface area contributed by atoms with Crippen LogP contribution in [0, 0.1) is 0 Å². The zero-order chi connectivity index (χ0) is 57.3. The Kier molecular flexibility index (Phi) is 25.0. The molecule has 4 fully saturated rings. The van der Waals surface area contributed by atoms with Crippen molar-refractivity contribution in [3.63, 3.8) is 0 Å². The van der Waals surface area contributed by atoms with Crippen molar-refractivity contribution >= 4 is 80.7 Å². The summed E-state index contributed by atoms with van der Waals surface area (Å²) in [6, 6.07) is 17.0. The number of fused-ring (bicyclic) bond motifs is 2. The standard InChI is InChI=1S/C59H80N10O11S2/c70-45(19-20-54(75)68-25-23-67(24-26-68)40-47-38-48-56(82-47)58(69-27-31-79-32-28-69)66-57(63-48)44-7-3-8-46(71)37-44)18-17-42-13-15-43(16-14-42)39-62-53(74)12-4-11-52(73)61-22-6-30-78-34-36-80-35-33-77-29-5-21-60-51(72)10-2-1-9-50-55-49(41-81-50)64-59(76)65-55/h3,7-8,13-18,37-38,49-50,55,71H,1-2,4-6,9-12,19-36,39-41H2,(H,60,72)(H,61,73)(H,62,74)(H2,64,65,76). The second-order valence-electron chi connectivity index (χ2n) is 20.9. The van der Waals surface area contributed by atoms with Crippen molar-refractivity contribution in [3.05, 3.63) is 76.7 Å². The van der Waals surface area contributed by atoms with Gasteiger partial charge in [0.1, 0.15) is 5.75 Å². The van der Waals surface area contributed by atoms with Gasteiger partial charge >= 0.3 is 6.03 Å². The zero-order valence-corrected chi connectivity index (χ0v) is 48.5. The van der Waals surface area contributed by atoms with E-state index in [0.717, 1.165) is 102 Å². The first-order valence-electron chi connectivity index (χ1n) is 29.0. The highest BCUT2D eigenvalue weighted by Gasteiger charge is 2.42. The largest absolute Gasteiger partial charge is 0.508 e. The molecule has 23 heteroatoms. The van der Waals surface area contributed by atoms with E-state index in [1.165, 1.54) is 6.08 Å². The van der Waals surface area contributed by atoms with Crippen LogP contribution in [0.25, 0.3) is 27.7 Å². The molecule has 6 heterocycles. The predicted molar refractivity (Wildman–Crippen MR) is 316 cm³/mol. The quantitative estimate of drug-likeness (QED) is 0.0200. The van der Waals surface area contributed by atoms with Crippen molar-refractivity contribution in [1.82, 2.24) is 46.4 Å². The number of nitrogens with zero attached hydrogens (tertiary/aromatic N) is 5. The molecule has 3 unspecified atom stereocenters. The molecular weight excluding hydrogens is 1090 g/mol. The van der Waals surface area contributed by atoms with Crippen molar-refractivity contribution in [2.24, 2.45) is 0 Å². The highest BCUT2D eigenvalue weighted by atomic mass is 32.2. The number of urea groups is 1. The molecular formula is C59H80N10O11S2. The molecule has 0 bridgehead atoms. The van der Waals surface area contributed by atoms with Crippen molar-refractivity contribution in [2.45, 2.75) is 101 Å². The maximum Gasteiger partial charge on any atom is 0.315 e. The maximum atomic E-state index is 13.1. The zero-order valence-electron chi connectivity index (χ0n) is 46.9. The number of hydrogen-bond acceptors (Lipinski definition) is 17. The van der Waals surface area contributed by atoms with Crippen LogP contribution in [0.5, 0.6) is 5.75 Å². The fourth-order valence-corrected chi connectivity index (χ4v) is 12.8. The van der Waals surface area contributed by atoms with Crippen LogP contribution < -0.4 is 31.5 Å². The van der Waals surface area contributed by atoms with Crippen LogP contribution in [0.15, 0.2) is 60.7 Å². The predicted octanol–water partition coefficient (Wildman–Crippen LogP) is 5.18. The third-order valence-corrected chi connectivity index (χ3v) is 17.3. The molecule has 0 aliphatic carbocycles. The smallest absolute Gasteiger partial charge is 0.315 e. The van der Waals surface area contributed by atoms with Crippen LogP contribution in [-0.4, -0.2) is 189 Å². The maximum absolute atomic E-state index is 13.1. The number of thioether (sulfide) groups is 1. The number of piperazine rings is 1. The summed E-state index contributed by atoms with van der Waals surface area (Å²) in [5.41, 5.74) is 3.36. The second-order valence-corrected chi connectivity index (χ2v) is 23.3. The average Bonchev–Trinajstić information content (AvgIpc) is 4.18.